The predicted molar refractivity (Wildman–Crippen MR) is 82.3 cm³/mol. The fourth-order valence-corrected chi connectivity index (χ4v) is 2.87. The first kappa shape index (κ1) is 14.3. The molecule has 1 aromatic carbocycles. The van der Waals surface area contributed by atoms with E-state index in [0.29, 0.717) is 11.3 Å². The lowest BCUT2D eigenvalue weighted by atomic mass is 10.0. The highest BCUT2D eigenvalue weighted by Crippen LogP contribution is 2.28. The molecule has 1 unspecified atom stereocenters. The Kier molecular flexibility index (Phi) is 4.16. The molecule has 0 radical (unpaired) electrons. The number of hydrogen-bond acceptors (Lipinski definition) is 5. The van der Waals surface area contributed by atoms with E-state index in [-0.39, 0.29) is 0 Å². The maximum absolute atomic E-state index is 10.9. The van der Waals surface area contributed by atoms with E-state index in [9.17, 15) is 9.90 Å². The van der Waals surface area contributed by atoms with Gasteiger partial charge in [-0.05, 0) is 45.6 Å². The lowest BCUT2D eigenvalue weighted by Crippen LogP contribution is -2.26. The van der Waals surface area contributed by atoms with Crippen LogP contribution in [0.4, 0.5) is 4.79 Å². The van der Waals surface area contributed by atoms with Crippen LogP contribution in [-0.4, -0.2) is 11.1 Å². The maximum Gasteiger partial charge on any atom is 0.252 e. The van der Waals surface area contributed by atoms with Crippen molar-refractivity contribution < 1.29 is 14.6 Å². The van der Waals surface area contributed by atoms with E-state index in [2.05, 4.69) is 10.4 Å². The van der Waals surface area contributed by atoms with Crippen molar-refractivity contribution in [3.63, 3.8) is 0 Å². The normalized spacial score (nSPS) is 11.8. The number of hydrogen-bond donors (Lipinski definition) is 0. The first-order valence-corrected chi connectivity index (χ1v) is 7.59. The molecule has 0 N–H and O–H groups in total. The third-order valence-corrected chi connectivity index (χ3v) is 3.92. The van der Waals surface area contributed by atoms with Crippen LogP contribution < -0.4 is 5.11 Å². The van der Waals surface area contributed by atoms with E-state index in [1.165, 1.54) is 0 Å². The highest BCUT2D eigenvalue weighted by molar-refractivity contribution is 7.08. The van der Waals surface area contributed by atoms with Gasteiger partial charge in [-0.3, -0.25) is 4.98 Å². The summed E-state index contributed by atoms with van der Waals surface area (Å²) in [4.78, 5) is 15.0. The van der Waals surface area contributed by atoms with Crippen LogP contribution >= 0.6 is 11.3 Å². The minimum Gasteiger partial charge on any atom is -0.535 e. The zero-order chi connectivity index (χ0) is 15.4. The Morgan fingerprint density at radius 3 is 2.50 bits per heavy atom. The summed E-state index contributed by atoms with van der Waals surface area (Å²) in [5.74, 6) is 0. The molecule has 0 bridgehead atoms. The van der Waals surface area contributed by atoms with E-state index in [1.54, 1.807) is 35.7 Å². The monoisotopic (exact) mass is 310 g/mol. The average Bonchev–Trinajstić information content (AvgIpc) is 3.08. The van der Waals surface area contributed by atoms with Crippen molar-refractivity contribution in [2.24, 2.45) is 0 Å². The van der Waals surface area contributed by atoms with Gasteiger partial charge in [0.05, 0.1) is 5.69 Å². The summed E-state index contributed by atoms with van der Waals surface area (Å²) in [6.07, 6.45) is -0.763. The van der Waals surface area contributed by atoms with Gasteiger partial charge in [-0.15, -0.1) is 0 Å². The summed E-state index contributed by atoms with van der Waals surface area (Å²) in [6.45, 7) is 0. The second-order valence-corrected chi connectivity index (χ2v) is 5.42. The molecule has 5 heteroatoms. The van der Waals surface area contributed by atoms with Crippen LogP contribution in [0, 0.1) is 0 Å². The summed E-state index contributed by atoms with van der Waals surface area (Å²) in [7, 11) is 0. The standard InChI is InChI=1S/C17H13NO3S/c19-17(20)21-16(15-3-1-2-9-18-15)13-6-4-12(5-7-13)14-8-10-22-11-14/h1-11,16H,(H,19,20)/p-1. The largest absolute Gasteiger partial charge is 0.535 e. The number of benzene rings is 1. The number of ether oxygens (including phenoxy) is 1. The minimum atomic E-state index is -1.57. The summed E-state index contributed by atoms with van der Waals surface area (Å²) >= 11 is 1.63. The Balaban J connectivity index is 1.93. The Bertz CT molecular complexity index is 739. The van der Waals surface area contributed by atoms with Gasteiger partial charge in [0.25, 0.3) is 6.16 Å². The molecule has 0 saturated heterocycles. The fraction of sp³-hybridized carbons (Fsp3) is 0.0588. The molecule has 4 nitrogen and oxygen atoms in total. The number of carbonyl (C=O) groups excluding carboxylic acids is 1. The van der Waals surface area contributed by atoms with Crippen LogP contribution in [0.15, 0.2) is 65.5 Å². The van der Waals surface area contributed by atoms with Crippen molar-refractivity contribution in [3.05, 3.63) is 76.7 Å². The third-order valence-electron chi connectivity index (χ3n) is 3.24. The van der Waals surface area contributed by atoms with Crippen LogP contribution in [0.5, 0.6) is 0 Å². The first-order chi connectivity index (χ1) is 10.7. The molecule has 2 aromatic heterocycles. The Hall–Kier alpha value is -2.66. The Morgan fingerprint density at radius 1 is 1.09 bits per heavy atom. The van der Waals surface area contributed by atoms with Crippen molar-refractivity contribution in [2.75, 3.05) is 0 Å². The number of nitrogens with zero attached hydrogens (tertiary/aromatic N) is 1. The van der Waals surface area contributed by atoms with Crippen LogP contribution in [0.1, 0.15) is 17.4 Å². The van der Waals surface area contributed by atoms with Gasteiger partial charge in [0, 0.05) is 6.20 Å². The molecule has 0 amide bonds. The Morgan fingerprint density at radius 2 is 1.91 bits per heavy atom. The topological polar surface area (TPSA) is 62.2 Å². The van der Waals surface area contributed by atoms with Gasteiger partial charge < -0.3 is 14.6 Å². The highest BCUT2D eigenvalue weighted by Gasteiger charge is 2.14. The summed E-state index contributed by atoms with van der Waals surface area (Å²) in [5, 5.41) is 14.9. The quantitative estimate of drug-likeness (QED) is 0.694. The first-order valence-electron chi connectivity index (χ1n) is 6.65. The lowest BCUT2D eigenvalue weighted by molar-refractivity contribution is -0.286. The van der Waals surface area contributed by atoms with E-state index in [1.807, 2.05) is 35.7 Å². The van der Waals surface area contributed by atoms with Gasteiger partial charge in [-0.1, -0.05) is 30.3 Å². The zero-order valence-corrected chi connectivity index (χ0v) is 12.3. The SMILES string of the molecule is O=C([O-])OC(c1ccc(-c2ccsc2)cc1)c1ccccn1. The minimum absolute atomic E-state index is 0.523. The van der Waals surface area contributed by atoms with Gasteiger partial charge in [-0.25, -0.2) is 0 Å². The van der Waals surface area contributed by atoms with Crippen molar-refractivity contribution in [1.29, 1.82) is 0 Å². The molecule has 0 aliphatic rings. The van der Waals surface area contributed by atoms with E-state index >= 15 is 0 Å². The zero-order valence-electron chi connectivity index (χ0n) is 11.5. The number of thiophene rings is 1. The van der Waals surface area contributed by atoms with Crippen molar-refractivity contribution in [3.8, 4) is 11.1 Å². The summed E-state index contributed by atoms with van der Waals surface area (Å²) in [5.41, 5.74) is 3.43. The molecule has 2 heterocycles. The maximum atomic E-state index is 10.9. The van der Waals surface area contributed by atoms with Gasteiger partial charge in [0.2, 0.25) is 0 Å². The molecule has 0 fully saturated rings. The van der Waals surface area contributed by atoms with Gasteiger partial charge >= 0.3 is 0 Å². The van der Waals surface area contributed by atoms with E-state index in [4.69, 9.17) is 4.74 Å². The second-order valence-electron chi connectivity index (χ2n) is 4.64. The molecule has 1 atom stereocenters. The molecule has 0 aliphatic heterocycles. The van der Waals surface area contributed by atoms with E-state index in [0.717, 1.165) is 11.1 Å². The summed E-state index contributed by atoms with van der Waals surface area (Å²) in [6, 6.07) is 14.9. The van der Waals surface area contributed by atoms with Crippen molar-refractivity contribution in [1.82, 2.24) is 4.98 Å². The van der Waals surface area contributed by atoms with E-state index < -0.39 is 12.3 Å². The number of carboxylic acid groups (broad SMARTS) is 1. The molecule has 0 saturated carbocycles. The number of pyridine rings is 1. The molecule has 22 heavy (non-hydrogen) atoms. The molecule has 3 aromatic rings. The number of carbonyl (C=O) groups is 1. The fourth-order valence-electron chi connectivity index (χ4n) is 2.21. The Labute approximate surface area is 131 Å². The molecular weight excluding hydrogens is 298 g/mol. The van der Waals surface area contributed by atoms with Crippen LogP contribution in [0.25, 0.3) is 11.1 Å². The average molecular weight is 310 g/mol. The number of rotatable bonds is 4. The molecular formula is C17H12NO3S-. The number of aromatic nitrogens is 1. The molecule has 110 valence electrons. The highest BCUT2D eigenvalue weighted by atomic mass is 32.1. The predicted octanol–water partition coefficient (Wildman–Crippen LogP) is 3.26. The van der Waals surface area contributed by atoms with Gasteiger partial charge in [0.15, 0.2) is 0 Å². The van der Waals surface area contributed by atoms with Crippen LogP contribution in [0.2, 0.25) is 0 Å². The van der Waals surface area contributed by atoms with Gasteiger partial charge in [-0.2, -0.15) is 11.3 Å². The van der Waals surface area contributed by atoms with Gasteiger partial charge in [0.1, 0.15) is 6.10 Å². The smallest absolute Gasteiger partial charge is 0.252 e. The van der Waals surface area contributed by atoms with Crippen molar-refractivity contribution >= 4 is 17.5 Å². The molecule has 0 spiro atoms. The van der Waals surface area contributed by atoms with Crippen molar-refractivity contribution in [2.45, 2.75) is 6.10 Å². The van der Waals surface area contributed by atoms with Crippen LogP contribution in [0.3, 0.4) is 0 Å². The molecule has 0 aliphatic carbocycles. The molecule has 3 rings (SSSR count). The van der Waals surface area contributed by atoms with Crippen LogP contribution in [-0.2, 0) is 4.74 Å². The lowest BCUT2D eigenvalue weighted by Gasteiger charge is -2.22. The third kappa shape index (κ3) is 3.15. The summed E-state index contributed by atoms with van der Waals surface area (Å²) < 4.78 is 4.90. The second kappa shape index (κ2) is 6.41.